The van der Waals surface area contributed by atoms with E-state index in [-0.39, 0.29) is 10.6 Å². The maximum atomic E-state index is 12.1. The number of para-hydroxylation sites is 2. The highest BCUT2D eigenvalue weighted by Crippen LogP contribution is 2.39. The predicted octanol–water partition coefficient (Wildman–Crippen LogP) is 7.51. The summed E-state index contributed by atoms with van der Waals surface area (Å²) in [4.78, 5) is 11.8. The maximum Gasteiger partial charge on any atom is 0.284 e. The Morgan fingerprint density at radius 3 is 2.12 bits per heavy atom. The van der Waals surface area contributed by atoms with Gasteiger partial charge in [0.2, 0.25) is 0 Å². The molecule has 152 valence electrons. The third-order valence-electron chi connectivity index (χ3n) is 6.08. The molecule has 6 aromatic rings. The second-order valence-electron chi connectivity index (χ2n) is 7.86. The first kappa shape index (κ1) is 18.3. The fourth-order valence-corrected chi connectivity index (χ4v) is 4.68. The van der Waals surface area contributed by atoms with Crippen molar-refractivity contribution in [1.82, 2.24) is 4.57 Å². The van der Waals surface area contributed by atoms with Gasteiger partial charge in [0.1, 0.15) is 0 Å². The van der Waals surface area contributed by atoms with Gasteiger partial charge in [0, 0.05) is 16.5 Å². The molecule has 0 amide bonds. The molecule has 0 N–H and O–H groups in total. The Kier molecular flexibility index (Phi) is 4.05. The Morgan fingerprint density at radius 2 is 1.31 bits per heavy atom. The lowest BCUT2D eigenvalue weighted by molar-refractivity contribution is -0.382. The van der Waals surface area contributed by atoms with Gasteiger partial charge in [-0.05, 0) is 53.4 Å². The average molecular weight is 414 g/mol. The van der Waals surface area contributed by atoms with Crippen molar-refractivity contribution < 1.29 is 4.92 Å². The zero-order valence-electron chi connectivity index (χ0n) is 17.1. The van der Waals surface area contributed by atoms with Gasteiger partial charge >= 0.3 is 0 Å². The highest BCUT2D eigenvalue weighted by Gasteiger charge is 2.21. The largest absolute Gasteiger partial charge is 0.309 e. The van der Waals surface area contributed by atoms with Gasteiger partial charge in [-0.3, -0.25) is 10.1 Å². The van der Waals surface area contributed by atoms with Gasteiger partial charge in [0.25, 0.3) is 5.69 Å². The number of hydrogen-bond donors (Lipinski definition) is 0. The monoisotopic (exact) mass is 414 g/mol. The lowest BCUT2D eigenvalue weighted by atomic mass is 9.97. The Balaban J connectivity index is 1.67. The fourth-order valence-electron chi connectivity index (χ4n) is 4.68. The maximum absolute atomic E-state index is 12.1. The van der Waals surface area contributed by atoms with Gasteiger partial charge in [-0.1, -0.05) is 66.7 Å². The number of fused-ring (bicyclic) bond motifs is 4. The second-order valence-corrected chi connectivity index (χ2v) is 7.86. The molecule has 4 heteroatoms. The molecule has 0 bridgehead atoms. The molecule has 0 saturated heterocycles. The molecule has 4 nitrogen and oxygen atoms in total. The van der Waals surface area contributed by atoms with Crippen molar-refractivity contribution in [2.75, 3.05) is 0 Å². The van der Waals surface area contributed by atoms with E-state index in [9.17, 15) is 10.1 Å². The summed E-state index contributed by atoms with van der Waals surface area (Å²) >= 11 is 0. The van der Waals surface area contributed by atoms with Gasteiger partial charge in [-0.2, -0.15) is 0 Å². The normalized spacial score (nSPS) is 11.4. The summed E-state index contributed by atoms with van der Waals surface area (Å²) in [7, 11) is 0. The molecule has 0 unspecified atom stereocenters. The number of nitro benzene ring substituents is 1. The van der Waals surface area contributed by atoms with Crippen molar-refractivity contribution in [2.45, 2.75) is 0 Å². The molecule has 0 aliphatic carbocycles. The molecule has 5 aromatic carbocycles. The average Bonchev–Trinajstić information content (AvgIpc) is 3.17. The zero-order valence-corrected chi connectivity index (χ0v) is 17.1. The van der Waals surface area contributed by atoms with Crippen molar-refractivity contribution in [3.05, 3.63) is 119 Å². The van der Waals surface area contributed by atoms with Crippen molar-refractivity contribution in [3.8, 4) is 16.8 Å². The van der Waals surface area contributed by atoms with Gasteiger partial charge in [0.05, 0.1) is 26.9 Å². The smallest absolute Gasteiger partial charge is 0.284 e. The quantitative estimate of drug-likeness (QED) is 0.222. The van der Waals surface area contributed by atoms with E-state index in [2.05, 4.69) is 41.0 Å². The summed E-state index contributed by atoms with van der Waals surface area (Å²) in [5.74, 6) is 0. The Hall–Kier alpha value is -4.44. The first-order valence-electron chi connectivity index (χ1n) is 10.5. The van der Waals surface area contributed by atoms with Crippen molar-refractivity contribution >= 4 is 38.3 Å². The van der Waals surface area contributed by atoms with Crippen LogP contribution in [0.25, 0.3) is 49.4 Å². The summed E-state index contributed by atoms with van der Waals surface area (Å²) < 4.78 is 2.24. The van der Waals surface area contributed by atoms with Crippen LogP contribution in [0.4, 0.5) is 5.69 Å². The summed E-state index contributed by atoms with van der Waals surface area (Å²) in [5.41, 5.74) is 4.89. The minimum absolute atomic E-state index is 0.147. The molecule has 0 fully saturated rings. The van der Waals surface area contributed by atoms with Crippen molar-refractivity contribution in [2.24, 2.45) is 0 Å². The van der Waals surface area contributed by atoms with Gasteiger partial charge in [-0.25, -0.2) is 0 Å². The molecule has 0 aliphatic rings. The first-order chi connectivity index (χ1) is 15.7. The number of nitrogens with zero attached hydrogens (tertiary/aromatic N) is 2. The van der Waals surface area contributed by atoms with E-state index in [4.69, 9.17) is 0 Å². The van der Waals surface area contributed by atoms with Crippen LogP contribution in [-0.4, -0.2) is 9.49 Å². The minimum atomic E-state index is -0.269. The first-order valence-corrected chi connectivity index (χ1v) is 10.5. The van der Waals surface area contributed by atoms with Crippen LogP contribution >= 0.6 is 0 Å². The SMILES string of the molecule is O=[N+]([O-])c1c(-c2ccc3c(c2)c2ccccc2n3-c2ccccc2)ccc2ccccc12. The van der Waals surface area contributed by atoms with Crippen LogP contribution in [0.1, 0.15) is 0 Å². The van der Waals surface area contributed by atoms with Crippen molar-refractivity contribution in [3.63, 3.8) is 0 Å². The summed E-state index contributed by atoms with van der Waals surface area (Å²) in [6, 6.07) is 35.9. The highest BCUT2D eigenvalue weighted by molar-refractivity contribution is 6.11. The van der Waals surface area contributed by atoms with Gasteiger partial charge in [0.15, 0.2) is 0 Å². The van der Waals surface area contributed by atoms with E-state index in [1.807, 2.05) is 72.8 Å². The van der Waals surface area contributed by atoms with Crippen LogP contribution in [0.2, 0.25) is 0 Å². The van der Waals surface area contributed by atoms with E-state index in [1.165, 1.54) is 0 Å². The molecule has 0 saturated carbocycles. The molecular weight excluding hydrogens is 396 g/mol. The van der Waals surface area contributed by atoms with Crippen molar-refractivity contribution in [1.29, 1.82) is 0 Å². The molecule has 0 atom stereocenters. The number of benzene rings is 5. The molecule has 0 spiro atoms. The molecular formula is C28H18N2O2. The molecule has 6 rings (SSSR count). The third-order valence-corrected chi connectivity index (χ3v) is 6.08. The molecule has 0 aliphatic heterocycles. The third kappa shape index (κ3) is 2.70. The standard InChI is InChI=1S/C28H18N2O2/c31-30(32)28-22-11-5-4-8-19(22)14-16-23(28)20-15-17-27-25(18-20)24-12-6-7-13-26(24)29(27)21-9-2-1-3-10-21/h1-18H. The number of nitro groups is 1. The minimum Gasteiger partial charge on any atom is -0.309 e. The number of rotatable bonds is 3. The van der Waals surface area contributed by atoms with Crippen LogP contribution in [0.15, 0.2) is 109 Å². The number of hydrogen-bond acceptors (Lipinski definition) is 2. The topological polar surface area (TPSA) is 48.1 Å². The van der Waals surface area contributed by atoms with E-state index >= 15 is 0 Å². The molecule has 32 heavy (non-hydrogen) atoms. The Labute approximate surface area is 184 Å². The van der Waals surface area contributed by atoms with E-state index < -0.39 is 0 Å². The van der Waals surface area contributed by atoms with E-state index in [0.717, 1.165) is 38.4 Å². The number of aromatic nitrogens is 1. The lowest BCUT2D eigenvalue weighted by Gasteiger charge is -2.09. The second kappa shape index (κ2) is 7.06. The van der Waals surface area contributed by atoms with Gasteiger partial charge in [-0.15, -0.1) is 0 Å². The summed E-state index contributed by atoms with van der Waals surface area (Å²) in [5, 5.41) is 15.8. The lowest BCUT2D eigenvalue weighted by Crippen LogP contribution is -1.94. The van der Waals surface area contributed by atoms with E-state index in [0.29, 0.717) is 10.9 Å². The van der Waals surface area contributed by atoms with Crippen LogP contribution < -0.4 is 0 Å². The van der Waals surface area contributed by atoms with Gasteiger partial charge < -0.3 is 4.57 Å². The van der Waals surface area contributed by atoms with Crippen LogP contribution in [0, 0.1) is 10.1 Å². The molecule has 1 aromatic heterocycles. The van der Waals surface area contributed by atoms with Crippen LogP contribution in [-0.2, 0) is 0 Å². The van der Waals surface area contributed by atoms with Crippen LogP contribution in [0.5, 0.6) is 0 Å². The zero-order chi connectivity index (χ0) is 21.7. The Bertz CT molecular complexity index is 1650. The highest BCUT2D eigenvalue weighted by atomic mass is 16.6. The summed E-state index contributed by atoms with van der Waals surface area (Å²) in [6.45, 7) is 0. The predicted molar refractivity (Wildman–Crippen MR) is 130 cm³/mol. The van der Waals surface area contributed by atoms with E-state index in [1.54, 1.807) is 0 Å². The Morgan fingerprint density at radius 1 is 0.625 bits per heavy atom. The molecule has 1 heterocycles. The summed E-state index contributed by atoms with van der Waals surface area (Å²) in [6.07, 6.45) is 0. The fraction of sp³-hybridized carbons (Fsp3) is 0. The molecule has 0 radical (unpaired) electrons. The van der Waals surface area contributed by atoms with Crippen LogP contribution in [0.3, 0.4) is 0 Å².